The second-order valence-electron chi connectivity index (χ2n) is 6.39. The van der Waals surface area contributed by atoms with E-state index in [4.69, 9.17) is 5.73 Å². The van der Waals surface area contributed by atoms with Crippen molar-refractivity contribution in [3.63, 3.8) is 0 Å². The predicted molar refractivity (Wildman–Crippen MR) is 81.3 cm³/mol. The molecular weight excluding hydrogens is 266 g/mol. The Balaban J connectivity index is 1.97. The van der Waals surface area contributed by atoms with Crippen molar-refractivity contribution in [3.8, 4) is 0 Å². The molecule has 1 amide bonds. The Morgan fingerprint density at radius 3 is 2.90 bits per heavy atom. The third-order valence-electron chi connectivity index (χ3n) is 4.14. The fraction of sp³-hybridized carbons (Fsp3) is 0.800. The smallest absolute Gasteiger partial charge is 0.222 e. The van der Waals surface area contributed by atoms with Gasteiger partial charge in [0.05, 0.1) is 12.5 Å². The van der Waals surface area contributed by atoms with Crippen LogP contribution in [-0.2, 0) is 17.9 Å². The van der Waals surface area contributed by atoms with Crippen molar-refractivity contribution in [2.24, 2.45) is 17.6 Å². The Morgan fingerprint density at radius 1 is 1.43 bits per heavy atom. The summed E-state index contributed by atoms with van der Waals surface area (Å²) in [6.45, 7) is 5.82. The normalized spacial score (nSPS) is 23.2. The van der Waals surface area contributed by atoms with Crippen LogP contribution in [0.3, 0.4) is 0 Å². The van der Waals surface area contributed by atoms with Gasteiger partial charge in [-0.2, -0.15) is 5.10 Å². The Morgan fingerprint density at radius 2 is 2.19 bits per heavy atom. The number of aromatic nitrogens is 3. The first kappa shape index (κ1) is 15.9. The third kappa shape index (κ3) is 4.52. The molecule has 0 radical (unpaired) electrons. The zero-order chi connectivity index (χ0) is 15.2. The molecule has 2 atom stereocenters. The first-order valence-electron chi connectivity index (χ1n) is 7.97. The monoisotopic (exact) mass is 293 g/mol. The number of nitrogens with two attached hydrogens (primary N) is 1. The summed E-state index contributed by atoms with van der Waals surface area (Å²) < 4.78 is 1.94. The average Bonchev–Trinajstić information content (AvgIpc) is 2.71. The summed E-state index contributed by atoms with van der Waals surface area (Å²) in [6.07, 6.45) is 6.93. The van der Waals surface area contributed by atoms with Crippen molar-refractivity contribution in [3.05, 3.63) is 12.2 Å². The number of amides is 1. The summed E-state index contributed by atoms with van der Waals surface area (Å²) in [6, 6.07) is 0.161. The summed E-state index contributed by atoms with van der Waals surface area (Å²) in [4.78, 5) is 16.0. The molecule has 1 saturated carbocycles. The van der Waals surface area contributed by atoms with Crippen molar-refractivity contribution in [2.75, 3.05) is 0 Å². The summed E-state index contributed by atoms with van der Waals surface area (Å²) >= 11 is 0. The minimum atomic E-state index is -0.182. The van der Waals surface area contributed by atoms with E-state index in [0.29, 0.717) is 12.5 Å². The number of nitrogens with zero attached hydrogens (tertiary/aromatic N) is 3. The fourth-order valence-electron chi connectivity index (χ4n) is 3.04. The summed E-state index contributed by atoms with van der Waals surface area (Å²) in [5, 5.41) is 7.75. The van der Waals surface area contributed by atoms with E-state index in [1.54, 1.807) is 6.33 Å². The van der Waals surface area contributed by atoms with E-state index in [0.717, 1.165) is 38.1 Å². The van der Waals surface area contributed by atoms with Gasteiger partial charge in [0.15, 0.2) is 0 Å². The van der Waals surface area contributed by atoms with Crippen LogP contribution in [0.25, 0.3) is 0 Å². The van der Waals surface area contributed by atoms with Crippen LogP contribution in [0, 0.1) is 11.8 Å². The topological polar surface area (TPSA) is 85.8 Å². The molecule has 6 heteroatoms. The molecule has 1 fully saturated rings. The molecule has 6 nitrogen and oxygen atoms in total. The Labute approximate surface area is 126 Å². The Bertz CT molecular complexity index is 457. The Kier molecular flexibility index (Phi) is 5.73. The Hall–Kier alpha value is -1.43. The minimum Gasteiger partial charge on any atom is -0.369 e. The molecule has 1 aliphatic rings. The zero-order valence-electron chi connectivity index (χ0n) is 13.1. The molecule has 3 N–H and O–H groups in total. The first-order chi connectivity index (χ1) is 10.1. The molecular formula is C15H27N5O. The minimum absolute atomic E-state index is 0.0611. The van der Waals surface area contributed by atoms with Gasteiger partial charge in [0.1, 0.15) is 12.2 Å². The standard InChI is InChI=1S/C15H27N5O/c1-11(2)9-20-14(18-10-19-20)8-17-13-7-5-3-4-6-12(13)15(16)21/h10-13,17H,3-9H2,1-2H3,(H2,16,21)/t12-,13-/m0/s1. The van der Waals surface area contributed by atoms with E-state index in [2.05, 4.69) is 29.2 Å². The molecule has 0 saturated heterocycles. The van der Waals surface area contributed by atoms with Gasteiger partial charge in [-0.3, -0.25) is 4.79 Å². The number of carbonyl (C=O) groups is 1. The summed E-state index contributed by atoms with van der Waals surface area (Å²) in [7, 11) is 0. The fourth-order valence-corrected chi connectivity index (χ4v) is 3.04. The van der Waals surface area contributed by atoms with Gasteiger partial charge in [-0.25, -0.2) is 9.67 Å². The molecule has 2 rings (SSSR count). The summed E-state index contributed by atoms with van der Waals surface area (Å²) in [5.74, 6) is 1.21. The number of hydrogen-bond acceptors (Lipinski definition) is 4. The van der Waals surface area contributed by atoms with E-state index in [9.17, 15) is 4.79 Å². The molecule has 21 heavy (non-hydrogen) atoms. The van der Waals surface area contributed by atoms with Crippen LogP contribution in [0.1, 0.15) is 51.8 Å². The zero-order valence-corrected chi connectivity index (χ0v) is 13.1. The lowest BCUT2D eigenvalue weighted by Crippen LogP contribution is -2.42. The van der Waals surface area contributed by atoms with E-state index >= 15 is 0 Å². The molecule has 118 valence electrons. The maximum absolute atomic E-state index is 11.6. The lowest BCUT2D eigenvalue weighted by Gasteiger charge is -2.23. The van der Waals surface area contributed by atoms with Crippen LogP contribution in [0.4, 0.5) is 0 Å². The maximum Gasteiger partial charge on any atom is 0.222 e. The van der Waals surface area contributed by atoms with Gasteiger partial charge in [0.2, 0.25) is 5.91 Å². The van der Waals surface area contributed by atoms with Crippen LogP contribution in [0.15, 0.2) is 6.33 Å². The van der Waals surface area contributed by atoms with Crippen molar-refractivity contribution in [1.29, 1.82) is 0 Å². The number of carbonyl (C=O) groups excluding carboxylic acids is 1. The molecule has 1 aromatic heterocycles. The molecule has 0 aliphatic heterocycles. The third-order valence-corrected chi connectivity index (χ3v) is 4.14. The van der Waals surface area contributed by atoms with Gasteiger partial charge >= 0.3 is 0 Å². The number of primary amides is 1. The first-order valence-corrected chi connectivity index (χ1v) is 7.97. The van der Waals surface area contributed by atoms with Crippen molar-refractivity contribution >= 4 is 5.91 Å². The van der Waals surface area contributed by atoms with Crippen LogP contribution in [0.5, 0.6) is 0 Å². The maximum atomic E-state index is 11.6. The number of hydrogen-bond donors (Lipinski definition) is 2. The molecule has 1 heterocycles. The van der Waals surface area contributed by atoms with Crippen LogP contribution in [-0.4, -0.2) is 26.7 Å². The van der Waals surface area contributed by atoms with Gasteiger partial charge in [-0.05, 0) is 18.8 Å². The molecule has 0 aromatic carbocycles. The van der Waals surface area contributed by atoms with E-state index in [1.807, 2.05) is 4.68 Å². The van der Waals surface area contributed by atoms with Crippen LogP contribution < -0.4 is 11.1 Å². The van der Waals surface area contributed by atoms with Gasteiger partial charge < -0.3 is 11.1 Å². The molecule has 1 aliphatic carbocycles. The largest absolute Gasteiger partial charge is 0.369 e. The van der Waals surface area contributed by atoms with Crippen molar-refractivity contribution in [1.82, 2.24) is 20.1 Å². The highest BCUT2D eigenvalue weighted by molar-refractivity contribution is 5.77. The highest BCUT2D eigenvalue weighted by atomic mass is 16.1. The quantitative estimate of drug-likeness (QED) is 0.777. The van der Waals surface area contributed by atoms with E-state index in [1.165, 1.54) is 6.42 Å². The molecule has 0 bridgehead atoms. The number of rotatable bonds is 6. The van der Waals surface area contributed by atoms with Gasteiger partial charge in [0, 0.05) is 12.6 Å². The highest BCUT2D eigenvalue weighted by Crippen LogP contribution is 2.23. The number of nitrogens with one attached hydrogen (secondary N) is 1. The van der Waals surface area contributed by atoms with Crippen LogP contribution in [0.2, 0.25) is 0 Å². The second kappa shape index (κ2) is 7.54. The highest BCUT2D eigenvalue weighted by Gasteiger charge is 2.27. The lowest BCUT2D eigenvalue weighted by atomic mass is 9.94. The SMILES string of the molecule is CC(C)Cn1ncnc1CN[C@H]1CCCCC[C@@H]1C(N)=O. The molecule has 1 aromatic rings. The van der Waals surface area contributed by atoms with Crippen molar-refractivity contribution < 1.29 is 4.79 Å². The molecule has 0 spiro atoms. The van der Waals surface area contributed by atoms with E-state index < -0.39 is 0 Å². The second-order valence-corrected chi connectivity index (χ2v) is 6.39. The van der Waals surface area contributed by atoms with Gasteiger partial charge in [-0.15, -0.1) is 0 Å². The van der Waals surface area contributed by atoms with Crippen LogP contribution >= 0.6 is 0 Å². The summed E-state index contributed by atoms with van der Waals surface area (Å²) in [5.41, 5.74) is 5.56. The van der Waals surface area contributed by atoms with E-state index in [-0.39, 0.29) is 17.9 Å². The van der Waals surface area contributed by atoms with Gasteiger partial charge in [-0.1, -0.05) is 33.1 Å². The lowest BCUT2D eigenvalue weighted by molar-refractivity contribution is -0.122. The average molecular weight is 293 g/mol. The van der Waals surface area contributed by atoms with Gasteiger partial charge in [0.25, 0.3) is 0 Å². The van der Waals surface area contributed by atoms with Crippen molar-refractivity contribution in [2.45, 2.75) is 65.1 Å². The molecule has 0 unspecified atom stereocenters. The predicted octanol–water partition coefficient (Wildman–Crippen LogP) is 1.46.